The van der Waals surface area contributed by atoms with Crippen LogP contribution in [0.5, 0.6) is 0 Å². The average Bonchev–Trinajstić information content (AvgIpc) is 3.09. The molecule has 13 heteroatoms. The molecule has 2 aromatic carbocycles. The van der Waals surface area contributed by atoms with E-state index in [0.717, 1.165) is 23.6 Å². The van der Waals surface area contributed by atoms with Crippen LogP contribution in [0.25, 0.3) is 0 Å². The number of hydrogen-bond acceptors (Lipinski definition) is 10. The van der Waals surface area contributed by atoms with Gasteiger partial charge in [-0.15, -0.1) is 0 Å². The third-order valence-electron chi connectivity index (χ3n) is 6.27. The molecular formula is C27H27N7O5S. The Labute approximate surface area is 231 Å². The quantitative estimate of drug-likeness (QED) is 0.312. The molecular weight excluding hydrogens is 534 g/mol. The van der Waals surface area contributed by atoms with Crippen LogP contribution >= 0.6 is 0 Å². The zero-order valence-corrected chi connectivity index (χ0v) is 22.4. The van der Waals surface area contributed by atoms with Gasteiger partial charge in [-0.25, -0.2) is 18.4 Å². The van der Waals surface area contributed by atoms with Crippen LogP contribution in [0.1, 0.15) is 16.8 Å². The first-order valence-corrected chi connectivity index (χ1v) is 14.3. The van der Waals surface area contributed by atoms with Crippen molar-refractivity contribution in [2.24, 2.45) is 15.7 Å². The summed E-state index contributed by atoms with van der Waals surface area (Å²) in [5, 5.41) is 11.4. The summed E-state index contributed by atoms with van der Waals surface area (Å²) in [6.45, 7) is 1.81. The molecule has 1 aromatic heterocycles. The van der Waals surface area contributed by atoms with Gasteiger partial charge in [-0.3, -0.25) is 10.2 Å². The number of amidine groups is 1. The lowest BCUT2D eigenvalue weighted by atomic mass is 10.0. The van der Waals surface area contributed by atoms with Gasteiger partial charge in [0, 0.05) is 36.7 Å². The highest BCUT2D eigenvalue weighted by Gasteiger charge is 2.27. The summed E-state index contributed by atoms with van der Waals surface area (Å²) in [5.41, 5.74) is 9.12. The number of para-hydroxylation sites is 1. The van der Waals surface area contributed by atoms with Gasteiger partial charge in [0.1, 0.15) is 5.69 Å². The van der Waals surface area contributed by atoms with Crippen LogP contribution in [0.4, 0.5) is 11.4 Å². The Balaban J connectivity index is 1.46. The zero-order valence-electron chi connectivity index (χ0n) is 21.6. The van der Waals surface area contributed by atoms with E-state index >= 15 is 0 Å². The molecule has 1 fully saturated rings. The molecule has 0 saturated carbocycles. The van der Waals surface area contributed by atoms with Crippen LogP contribution in [0.3, 0.4) is 0 Å². The fourth-order valence-corrected chi connectivity index (χ4v) is 4.89. The van der Waals surface area contributed by atoms with Crippen LogP contribution in [-0.2, 0) is 24.1 Å². The number of sulfone groups is 1. The lowest BCUT2D eigenvalue weighted by molar-refractivity contribution is -0.117. The predicted octanol–water partition coefficient (Wildman–Crippen LogP) is 1.79. The minimum absolute atomic E-state index is 0.00431. The van der Waals surface area contributed by atoms with E-state index in [1.165, 1.54) is 6.07 Å². The molecule has 1 saturated heterocycles. The minimum Gasteiger partial charge on any atom is -0.405 e. The summed E-state index contributed by atoms with van der Waals surface area (Å²) < 4.78 is 35.2. The van der Waals surface area contributed by atoms with Crippen molar-refractivity contribution < 1.29 is 22.7 Å². The maximum absolute atomic E-state index is 13.1. The molecule has 2 aliphatic rings. The number of hydrogen-bond donors (Lipinski definition) is 3. The van der Waals surface area contributed by atoms with Gasteiger partial charge < -0.3 is 25.4 Å². The number of ether oxygens (including phenoxy) is 2. The van der Waals surface area contributed by atoms with E-state index < -0.39 is 33.8 Å². The third kappa shape index (κ3) is 5.84. The lowest BCUT2D eigenvalue weighted by Gasteiger charge is -2.30. The molecule has 0 aliphatic carbocycles. The fraction of sp³-hybridized carbons (Fsp3) is 0.222. The van der Waals surface area contributed by atoms with Crippen LogP contribution < -0.4 is 16.0 Å². The van der Waals surface area contributed by atoms with Crippen molar-refractivity contribution in [2.45, 2.75) is 11.1 Å². The number of anilines is 2. The maximum atomic E-state index is 13.1. The second kappa shape index (κ2) is 11.2. The molecule has 1 amide bonds. The Hall–Kier alpha value is -4.62. The van der Waals surface area contributed by atoms with Crippen LogP contribution in [-0.4, -0.2) is 75.7 Å². The van der Waals surface area contributed by atoms with Crippen molar-refractivity contribution in [3.63, 3.8) is 0 Å². The van der Waals surface area contributed by atoms with Gasteiger partial charge in [0.25, 0.3) is 11.9 Å². The standard InChI is InChI=1S/C27H27N7O5S/c1-40(36,37)18-15-21(34-11-13-38-14-12-34)23(30-16-18)24(28)39-27(29)33-25-26(35)31-20-10-6-5-9-19(20)22(32-25)17-7-3-2-4-8-17/h2-10,15-16,25,28H,11-14H2,1H3,(H2,29,33)(H,31,35). The van der Waals surface area contributed by atoms with E-state index in [1.807, 2.05) is 47.4 Å². The van der Waals surface area contributed by atoms with Gasteiger partial charge in [0.05, 0.1) is 35.2 Å². The highest BCUT2D eigenvalue weighted by molar-refractivity contribution is 7.90. The number of benzodiazepines with no additional fused rings is 1. The Bertz CT molecular complexity index is 1620. The van der Waals surface area contributed by atoms with Crippen LogP contribution in [0.2, 0.25) is 0 Å². The number of morpholine rings is 1. The number of carbonyl (C=O) groups is 1. The van der Waals surface area contributed by atoms with E-state index in [2.05, 4.69) is 20.3 Å². The number of pyridine rings is 1. The summed E-state index contributed by atoms with van der Waals surface area (Å²) in [4.78, 5) is 27.9. The van der Waals surface area contributed by atoms with Gasteiger partial charge in [-0.1, -0.05) is 48.5 Å². The molecule has 2 aliphatic heterocycles. The lowest BCUT2D eigenvalue weighted by Crippen LogP contribution is -2.38. The second-order valence-corrected chi connectivity index (χ2v) is 11.1. The van der Waals surface area contributed by atoms with Gasteiger partial charge in [0.2, 0.25) is 12.1 Å². The number of aliphatic imine (C=N–C) groups is 2. The molecule has 40 heavy (non-hydrogen) atoms. The Morgan fingerprint density at radius 1 is 1.15 bits per heavy atom. The van der Waals surface area contributed by atoms with Gasteiger partial charge in [0.15, 0.2) is 9.84 Å². The van der Waals surface area contributed by atoms with E-state index in [0.29, 0.717) is 43.4 Å². The van der Waals surface area contributed by atoms with Crippen LogP contribution in [0.15, 0.2) is 81.7 Å². The summed E-state index contributed by atoms with van der Waals surface area (Å²) in [7, 11) is -3.55. The molecule has 0 spiro atoms. The van der Waals surface area contributed by atoms with Crippen molar-refractivity contribution in [3.8, 4) is 0 Å². The first-order chi connectivity index (χ1) is 19.2. The summed E-state index contributed by atoms with van der Waals surface area (Å²) in [6, 6.07) is 17.6. The molecule has 3 aromatic rings. The van der Waals surface area contributed by atoms with E-state index in [-0.39, 0.29) is 10.6 Å². The van der Waals surface area contributed by atoms with Crippen molar-refractivity contribution in [2.75, 3.05) is 42.8 Å². The number of carbonyl (C=O) groups excluding carboxylic acids is 1. The van der Waals surface area contributed by atoms with E-state index in [1.54, 1.807) is 12.1 Å². The topological polar surface area (TPSA) is 172 Å². The molecule has 0 bridgehead atoms. The Morgan fingerprint density at radius 2 is 1.85 bits per heavy atom. The van der Waals surface area contributed by atoms with E-state index in [4.69, 9.17) is 20.6 Å². The zero-order chi connectivity index (χ0) is 28.3. The number of amides is 1. The third-order valence-corrected chi connectivity index (χ3v) is 7.35. The second-order valence-electron chi connectivity index (χ2n) is 9.06. The van der Waals surface area contributed by atoms with Crippen molar-refractivity contribution >= 4 is 44.8 Å². The highest BCUT2D eigenvalue weighted by atomic mass is 32.2. The number of rotatable bonds is 5. The number of nitrogens with two attached hydrogens (primary N) is 1. The molecule has 4 N–H and O–H groups in total. The summed E-state index contributed by atoms with van der Waals surface area (Å²) >= 11 is 0. The van der Waals surface area contributed by atoms with Crippen molar-refractivity contribution in [3.05, 3.63) is 83.7 Å². The number of aromatic nitrogens is 1. The molecule has 0 radical (unpaired) electrons. The number of nitrogens with one attached hydrogen (secondary N) is 2. The molecule has 5 rings (SSSR count). The van der Waals surface area contributed by atoms with Gasteiger partial charge in [-0.05, 0) is 12.1 Å². The van der Waals surface area contributed by atoms with Crippen LogP contribution in [0, 0.1) is 5.41 Å². The largest absolute Gasteiger partial charge is 0.405 e. The fourth-order valence-electron chi connectivity index (χ4n) is 4.32. The first kappa shape index (κ1) is 27.0. The van der Waals surface area contributed by atoms with Crippen molar-refractivity contribution in [1.29, 1.82) is 5.41 Å². The van der Waals surface area contributed by atoms with Crippen molar-refractivity contribution in [1.82, 2.24) is 4.98 Å². The molecule has 1 unspecified atom stereocenters. The Kier molecular flexibility index (Phi) is 7.58. The first-order valence-electron chi connectivity index (χ1n) is 12.4. The maximum Gasteiger partial charge on any atom is 0.291 e. The number of benzene rings is 2. The SMILES string of the molecule is CS(=O)(=O)c1cnc(C(=N)OC(N)=NC2N=C(c3ccccc3)c3ccccc3NC2=O)c(N2CCOCC2)c1. The molecule has 1 atom stereocenters. The normalized spacial score (nSPS) is 17.8. The summed E-state index contributed by atoms with van der Waals surface area (Å²) in [5.74, 6) is -0.992. The predicted molar refractivity (Wildman–Crippen MR) is 151 cm³/mol. The minimum atomic E-state index is -3.55. The number of fused-ring (bicyclic) bond motifs is 1. The molecule has 12 nitrogen and oxygen atoms in total. The van der Waals surface area contributed by atoms with Gasteiger partial charge in [-0.2, -0.15) is 4.99 Å². The van der Waals surface area contributed by atoms with E-state index in [9.17, 15) is 13.2 Å². The average molecular weight is 562 g/mol. The van der Waals surface area contributed by atoms with Gasteiger partial charge >= 0.3 is 0 Å². The monoisotopic (exact) mass is 561 g/mol. The highest BCUT2D eigenvalue weighted by Crippen LogP contribution is 2.26. The molecule has 206 valence electrons. The molecule has 3 heterocycles. The number of nitrogens with zero attached hydrogens (tertiary/aromatic N) is 4. The Morgan fingerprint density at radius 3 is 2.58 bits per heavy atom. The summed E-state index contributed by atoms with van der Waals surface area (Å²) in [6.07, 6.45) is 0.945. The smallest absolute Gasteiger partial charge is 0.291 e.